The Morgan fingerprint density at radius 2 is 2.26 bits per heavy atom. The van der Waals surface area contributed by atoms with E-state index in [2.05, 4.69) is 16.8 Å². The second-order valence-electron chi connectivity index (χ2n) is 5.18. The van der Waals surface area contributed by atoms with Crippen molar-refractivity contribution in [2.75, 3.05) is 6.54 Å². The summed E-state index contributed by atoms with van der Waals surface area (Å²) in [6.45, 7) is 4.16. The lowest BCUT2D eigenvalue weighted by Crippen LogP contribution is -2.23. The molecule has 4 heteroatoms. The fourth-order valence-electron chi connectivity index (χ4n) is 2.99. The molecule has 19 heavy (non-hydrogen) atoms. The van der Waals surface area contributed by atoms with E-state index in [0.717, 1.165) is 35.0 Å². The summed E-state index contributed by atoms with van der Waals surface area (Å²) in [5, 5.41) is 4.42. The van der Waals surface area contributed by atoms with E-state index < -0.39 is 0 Å². The first kappa shape index (κ1) is 12.9. The predicted molar refractivity (Wildman–Crippen MR) is 79.6 cm³/mol. The molecular formula is C15H20ClN3. The number of aromatic nitrogens is 2. The molecule has 0 spiro atoms. The third-order valence-corrected chi connectivity index (χ3v) is 4.24. The highest BCUT2D eigenvalue weighted by molar-refractivity contribution is 6.35. The largest absolute Gasteiger partial charge is 0.326 e. The molecular weight excluding hydrogens is 258 g/mol. The molecule has 3 rings (SSSR count). The molecule has 0 radical (unpaired) electrons. The monoisotopic (exact) mass is 277 g/mol. The van der Waals surface area contributed by atoms with Crippen LogP contribution < -0.4 is 5.32 Å². The summed E-state index contributed by atoms with van der Waals surface area (Å²) in [4.78, 5) is 4.83. The molecule has 1 atom stereocenters. The van der Waals surface area contributed by atoms with E-state index in [0.29, 0.717) is 6.04 Å². The van der Waals surface area contributed by atoms with Crippen LogP contribution in [0, 0.1) is 0 Å². The highest BCUT2D eigenvalue weighted by atomic mass is 35.5. The molecule has 3 nitrogen and oxygen atoms in total. The van der Waals surface area contributed by atoms with Crippen LogP contribution in [-0.4, -0.2) is 16.1 Å². The number of benzene rings is 1. The van der Waals surface area contributed by atoms with Gasteiger partial charge in [-0.15, -0.1) is 0 Å². The molecule has 1 aliphatic rings. The summed E-state index contributed by atoms with van der Waals surface area (Å²) in [5.41, 5.74) is 2.09. The van der Waals surface area contributed by atoms with E-state index in [4.69, 9.17) is 16.6 Å². The molecule has 1 N–H and O–H groups in total. The molecule has 1 aliphatic heterocycles. The third kappa shape index (κ3) is 2.37. The Kier molecular flexibility index (Phi) is 3.76. The number of fused-ring (bicyclic) bond motifs is 1. The van der Waals surface area contributed by atoms with Crippen LogP contribution in [0.1, 0.15) is 44.5 Å². The average Bonchev–Trinajstić information content (AvgIpc) is 2.60. The Balaban J connectivity index is 2.09. The molecule has 1 unspecified atom stereocenters. The summed E-state index contributed by atoms with van der Waals surface area (Å²) in [6, 6.07) is 6.34. The van der Waals surface area contributed by atoms with Crippen molar-refractivity contribution in [2.45, 2.75) is 45.2 Å². The number of aryl methyl sites for hydroxylation is 1. The summed E-state index contributed by atoms with van der Waals surface area (Å²) in [5.74, 6) is 1.15. The lowest BCUT2D eigenvalue weighted by Gasteiger charge is -2.17. The van der Waals surface area contributed by atoms with E-state index in [9.17, 15) is 0 Å². The zero-order valence-corrected chi connectivity index (χ0v) is 12.1. The van der Waals surface area contributed by atoms with Crippen molar-refractivity contribution in [3.63, 3.8) is 0 Å². The third-order valence-electron chi connectivity index (χ3n) is 3.94. The number of nitrogens with one attached hydrogen (secondary N) is 1. The van der Waals surface area contributed by atoms with Crippen LogP contribution in [0.2, 0.25) is 5.02 Å². The Hall–Kier alpha value is -1.06. The number of imidazole rings is 1. The van der Waals surface area contributed by atoms with Gasteiger partial charge in [0.25, 0.3) is 0 Å². The van der Waals surface area contributed by atoms with Crippen molar-refractivity contribution in [2.24, 2.45) is 0 Å². The highest BCUT2D eigenvalue weighted by Gasteiger charge is 2.21. The van der Waals surface area contributed by atoms with E-state index >= 15 is 0 Å². The lowest BCUT2D eigenvalue weighted by molar-refractivity contribution is 0.487. The van der Waals surface area contributed by atoms with Gasteiger partial charge in [0.05, 0.1) is 22.1 Å². The van der Waals surface area contributed by atoms with Gasteiger partial charge >= 0.3 is 0 Å². The first-order chi connectivity index (χ1) is 9.31. The molecule has 0 saturated carbocycles. The number of nitrogens with zero attached hydrogens (tertiary/aromatic N) is 2. The van der Waals surface area contributed by atoms with Crippen LogP contribution in [-0.2, 0) is 6.54 Å². The fourth-order valence-corrected chi connectivity index (χ4v) is 3.27. The first-order valence-corrected chi connectivity index (χ1v) is 7.57. The molecule has 1 fully saturated rings. The predicted octanol–water partition coefficient (Wildman–Crippen LogP) is 3.91. The smallest absolute Gasteiger partial charge is 0.127 e. The maximum Gasteiger partial charge on any atom is 0.127 e. The van der Waals surface area contributed by atoms with Gasteiger partial charge < -0.3 is 9.88 Å². The van der Waals surface area contributed by atoms with Gasteiger partial charge in [0.2, 0.25) is 0 Å². The first-order valence-electron chi connectivity index (χ1n) is 7.19. The van der Waals surface area contributed by atoms with Crippen molar-refractivity contribution in [1.29, 1.82) is 0 Å². The molecule has 1 saturated heterocycles. The normalized spacial score (nSPS) is 20.6. The molecule has 1 aromatic carbocycles. The maximum absolute atomic E-state index is 6.34. The van der Waals surface area contributed by atoms with Gasteiger partial charge in [-0.2, -0.15) is 0 Å². The molecule has 2 heterocycles. The van der Waals surface area contributed by atoms with Crippen LogP contribution in [0.4, 0.5) is 0 Å². The van der Waals surface area contributed by atoms with Crippen molar-refractivity contribution in [1.82, 2.24) is 14.9 Å². The van der Waals surface area contributed by atoms with E-state index in [1.807, 2.05) is 18.2 Å². The highest BCUT2D eigenvalue weighted by Crippen LogP contribution is 2.29. The second-order valence-corrected chi connectivity index (χ2v) is 5.59. The van der Waals surface area contributed by atoms with Crippen LogP contribution in [0.25, 0.3) is 11.0 Å². The van der Waals surface area contributed by atoms with Crippen molar-refractivity contribution in [3.05, 3.63) is 29.0 Å². The number of hydrogen-bond donors (Lipinski definition) is 1. The average molecular weight is 278 g/mol. The van der Waals surface area contributed by atoms with Gasteiger partial charge in [-0.25, -0.2) is 4.98 Å². The second kappa shape index (κ2) is 5.51. The SMILES string of the molecule is CCn1c(C2CCCCCN2)nc2cccc(Cl)c21. The number of para-hydroxylation sites is 1. The van der Waals surface area contributed by atoms with Crippen LogP contribution in [0.5, 0.6) is 0 Å². The Bertz CT molecular complexity index is 568. The van der Waals surface area contributed by atoms with Crippen LogP contribution in [0.3, 0.4) is 0 Å². The minimum atomic E-state index is 0.367. The van der Waals surface area contributed by atoms with E-state index in [1.165, 1.54) is 25.7 Å². The molecule has 0 bridgehead atoms. The van der Waals surface area contributed by atoms with Gasteiger partial charge in [-0.05, 0) is 38.4 Å². The fraction of sp³-hybridized carbons (Fsp3) is 0.533. The van der Waals surface area contributed by atoms with Crippen LogP contribution in [0.15, 0.2) is 18.2 Å². The van der Waals surface area contributed by atoms with E-state index in [-0.39, 0.29) is 0 Å². The van der Waals surface area contributed by atoms with Gasteiger partial charge in [0, 0.05) is 6.54 Å². The topological polar surface area (TPSA) is 29.9 Å². The Morgan fingerprint density at radius 1 is 1.37 bits per heavy atom. The van der Waals surface area contributed by atoms with Gasteiger partial charge in [0.15, 0.2) is 0 Å². The molecule has 0 amide bonds. The maximum atomic E-state index is 6.34. The Morgan fingerprint density at radius 3 is 3.11 bits per heavy atom. The zero-order chi connectivity index (χ0) is 13.2. The molecule has 2 aromatic rings. The quantitative estimate of drug-likeness (QED) is 0.902. The zero-order valence-electron chi connectivity index (χ0n) is 11.3. The molecule has 0 aliphatic carbocycles. The minimum absolute atomic E-state index is 0.367. The minimum Gasteiger partial charge on any atom is -0.326 e. The standard InChI is InChI=1S/C15H20ClN3/c1-2-19-14-11(16)7-6-9-12(14)18-15(19)13-8-4-3-5-10-17-13/h6-7,9,13,17H,2-5,8,10H2,1H3. The summed E-state index contributed by atoms with van der Waals surface area (Å²) in [7, 11) is 0. The summed E-state index contributed by atoms with van der Waals surface area (Å²) >= 11 is 6.34. The summed E-state index contributed by atoms with van der Waals surface area (Å²) < 4.78 is 2.26. The summed E-state index contributed by atoms with van der Waals surface area (Å²) in [6.07, 6.45) is 5.03. The van der Waals surface area contributed by atoms with Crippen molar-refractivity contribution >= 4 is 22.6 Å². The van der Waals surface area contributed by atoms with E-state index in [1.54, 1.807) is 0 Å². The Labute approximate surface area is 119 Å². The molecule has 1 aromatic heterocycles. The number of halogens is 1. The van der Waals surface area contributed by atoms with Crippen LogP contribution >= 0.6 is 11.6 Å². The van der Waals surface area contributed by atoms with Crippen molar-refractivity contribution in [3.8, 4) is 0 Å². The van der Waals surface area contributed by atoms with Gasteiger partial charge in [0.1, 0.15) is 5.82 Å². The molecule has 102 valence electrons. The number of hydrogen-bond acceptors (Lipinski definition) is 2. The van der Waals surface area contributed by atoms with Gasteiger partial charge in [-0.3, -0.25) is 0 Å². The van der Waals surface area contributed by atoms with Gasteiger partial charge in [-0.1, -0.05) is 30.5 Å². The lowest BCUT2D eigenvalue weighted by atomic mass is 10.1. The number of rotatable bonds is 2. The van der Waals surface area contributed by atoms with Crippen molar-refractivity contribution < 1.29 is 0 Å².